The third-order valence-corrected chi connectivity index (χ3v) is 10.7. The zero-order chi connectivity index (χ0) is 28.0. The molecule has 0 radical (unpaired) electrons. The van der Waals surface area contributed by atoms with Gasteiger partial charge >= 0.3 is 0 Å². The van der Waals surface area contributed by atoms with Gasteiger partial charge in [0.1, 0.15) is 5.76 Å². The zero-order valence-corrected chi connectivity index (χ0v) is 24.5. The normalized spacial score (nSPS) is 35.6. The van der Waals surface area contributed by atoms with Gasteiger partial charge in [-0.2, -0.15) is 0 Å². The Morgan fingerprint density at radius 3 is 2.69 bits per heavy atom. The Labute approximate surface area is 234 Å². The predicted molar refractivity (Wildman–Crippen MR) is 155 cm³/mol. The number of hydrogen-bond donors (Lipinski definition) is 3. The summed E-state index contributed by atoms with van der Waals surface area (Å²) in [5.41, 5.74) is 3.04. The average molecular weight is 536 g/mol. The van der Waals surface area contributed by atoms with Crippen LogP contribution in [0.2, 0.25) is 0 Å². The first kappa shape index (κ1) is 28.6. The van der Waals surface area contributed by atoms with Crippen molar-refractivity contribution in [3.05, 3.63) is 65.5 Å². The van der Waals surface area contributed by atoms with Gasteiger partial charge in [-0.25, -0.2) is 4.98 Å². The number of oxazole rings is 1. The number of rotatable bonds is 8. The van der Waals surface area contributed by atoms with E-state index >= 15 is 0 Å². The van der Waals surface area contributed by atoms with Crippen LogP contribution >= 0.6 is 0 Å². The molecule has 5 rings (SSSR count). The molecular weight excluding hydrogens is 486 g/mol. The third kappa shape index (κ3) is 5.39. The Bertz CT molecular complexity index is 1150. The summed E-state index contributed by atoms with van der Waals surface area (Å²) >= 11 is 0. The Kier molecular flexibility index (Phi) is 7.91. The topological polar surface area (TPSA) is 86.7 Å². The van der Waals surface area contributed by atoms with Crippen LogP contribution in [-0.2, 0) is 11.8 Å². The molecular formula is C34H49NO4. The molecule has 0 unspecified atom stereocenters. The van der Waals surface area contributed by atoms with Crippen LogP contribution in [0.5, 0.6) is 0 Å². The highest BCUT2D eigenvalue weighted by atomic mass is 16.4. The van der Waals surface area contributed by atoms with E-state index in [1.807, 2.05) is 12.3 Å². The molecule has 1 aromatic heterocycles. The molecule has 1 heterocycles. The monoisotopic (exact) mass is 535 g/mol. The highest BCUT2D eigenvalue weighted by Gasteiger charge is 2.55. The summed E-state index contributed by atoms with van der Waals surface area (Å²) in [7, 11) is 0. The van der Waals surface area contributed by atoms with Gasteiger partial charge in [-0.15, -0.1) is 0 Å². The molecule has 4 aliphatic rings. The molecule has 0 aliphatic heterocycles. The number of allylic oxidation sites excluding steroid dienone is 4. The molecule has 4 aliphatic carbocycles. The molecule has 4 saturated carbocycles. The van der Waals surface area contributed by atoms with Crippen molar-refractivity contribution >= 4 is 0 Å². The molecule has 4 fully saturated rings. The SMILES string of the molecule is C=C1C(=CC=C2CCC[C@]3(C)[C@@H](C(C)(C)C=C[C@H](O)C4(c5ncc(CCC)o5)CC4)CC[C@@H]23)C[C@@H](O)C[C@@H]1O. The van der Waals surface area contributed by atoms with Crippen molar-refractivity contribution < 1.29 is 19.7 Å². The lowest BCUT2D eigenvalue weighted by Crippen LogP contribution is -2.39. The average Bonchev–Trinajstić information content (AvgIpc) is 3.41. The summed E-state index contributed by atoms with van der Waals surface area (Å²) in [6.45, 7) is 13.4. The lowest BCUT2D eigenvalue weighted by Gasteiger charge is -2.47. The predicted octanol–water partition coefficient (Wildman–Crippen LogP) is 6.74. The largest absolute Gasteiger partial charge is 0.445 e. The van der Waals surface area contributed by atoms with E-state index in [2.05, 4.69) is 57.5 Å². The van der Waals surface area contributed by atoms with Crippen LogP contribution in [0.25, 0.3) is 0 Å². The number of fused-ring (bicyclic) bond motifs is 1. The fourth-order valence-corrected chi connectivity index (χ4v) is 8.24. The van der Waals surface area contributed by atoms with Crippen LogP contribution in [-0.4, -0.2) is 38.6 Å². The molecule has 5 heteroatoms. The van der Waals surface area contributed by atoms with Crippen LogP contribution in [0.4, 0.5) is 0 Å². The van der Waals surface area contributed by atoms with Gasteiger partial charge < -0.3 is 19.7 Å². The number of aryl methyl sites for hydroxylation is 1. The summed E-state index contributed by atoms with van der Waals surface area (Å²) in [6.07, 6.45) is 19.4. The van der Waals surface area contributed by atoms with Crippen LogP contribution in [0, 0.1) is 22.7 Å². The van der Waals surface area contributed by atoms with Crippen molar-refractivity contribution in [3.63, 3.8) is 0 Å². The smallest absolute Gasteiger partial charge is 0.203 e. The first-order valence-electron chi connectivity index (χ1n) is 15.3. The van der Waals surface area contributed by atoms with Crippen molar-refractivity contribution in [2.24, 2.45) is 22.7 Å². The highest BCUT2D eigenvalue weighted by Crippen LogP contribution is 2.62. The maximum absolute atomic E-state index is 11.3. The van der Waals surface area contributed by atoms with Crippen LogP contribution in [0.1, 0.15) is 104 Å². The fraction of sp³-hybridized carbons (Fsp3) is 0.676. The summed E-state index contributed by atoms with van der Waals surface area (Å²) in [5.74, 6) is 2.68. The van der Waals surface area contributed by atoms with E-state index in [4.69, 9.17) is 4.42 Å². The van der Waals surface area contributed by atoms with E-state index in [0.29, 0.717) is 30.6 Å². The number of aliphatic hydroxyl groups is 3. The standard InChI is InChI=1S/C34H49NO4/c1-6-8-26-21-35-31(39-26)34(17-18-34)30(38)14-16-32(3,4)29-13-12-27-23(9-7-15-33(27,29)5)10-11-24-19-25(36)20-28(37)22(24)2/h10-11,14,16,21,25,27-30,36-38H,2,6-9,12-13,15,17-20H2,1,3-5H3/t25-,27+,28+,29-,30+,33+/m1/s1. The molecule has 3 N–H and O–H groups in total. The molecule has 214 valence electrons. The van der Waals surface area contributed by atoms with Gasteiger partial charge in [0, 0.05) is 12.8 Å². The van der Waals surface area contributed by atoms with Crippen molar-refractivity contribution in [2.75, 3.05) is 0 Å². The van der Waals surface area contributed by atoms with Gasteiger partial charge in [-0.3, -0.25) is 0 Å². The molecule has 0 aromatic carbocycles. The third-order valence-electron chi connectivity index (χ3n) is 10.7. The number of aliphatic hydroxyl groups excluding tert-OH is 3. The van der Waals surface area contributed by atoms with Gasteiger partial charge in [-0.05, 0) is 91.6 Å². The maximum atomic E-state index is 11.3. The second-order valence-electron chi connectivity index (χ2n) is 13.8. The van der Waals surface area contributed by atoms with E-state index in [9.17, 15) is 15.3 Å². The number of hydrogen-bond acceptors (Lipinski definition) is 5. The molecule has 5 nitrogen and oxygen atoms in total. The molecule has 1 aromatic rings. The molecule has 6 atom stereocenters. The van der Waals surface area contributed by atoms with Crippen LogP contribution in [0.3, 0.4) is 0 Å². The number of aromatic nitrogens is 1. The van der Waals surface area contributed by atoms with E-state index in [0.717, 1.165) is 49.0 Å². The van der Waals surface area contributed by atoms with E-state index in [-0.39, 0.29) is 16.2 Å². The lowest BCUT2D eigenvalue weighted by atomic mass is 9.57. The number of nitrogens with zero attached hydrogens (tertiary/aromatic N) is 1. The van der Waals surface area contributed by atoms with Crippen LogP contribution < -0.4 is 0 Å². The van der Waals surface area contributed by atoms with E-state index in [1.54, 1.807) is 0 Å². The van der Waals surface area contributed by atoms with Gasteiger partial charge in [0.05, 0.1) is 29.9 Å². The Morgan fingerprint density at radius 1 is 1.21 bits per heavy atom. The summed E-state index contributed by atoms with van der Waals surface area (Å²) in [6, 6.07) is 0. The molecule has 0 spiro atoms. The van der Waals surface area contributed by atoms with Gasteiger partial charge in [0.2, 0.25) is 5.89 Å². The maximum Gasteiger partial charge on any atom is 0.203 e. The minimum atomic E-state index is -0.648. The summed E-state index contributed by atoms with van der Waals surface area (Å²) in [5, 5.41) is 31.7. The molecule has 0 saturated heterocycles. The van der Waals surface area contributed by atoms with Gasteiger partial charge in [0.15, 0.2) is 0 Å². The van der Waals surface area contributed by atoms with Crippen molar-refractivity contribution in [2.45, 2.75) is 122 Å². The quantitative estimate of drug-likeness (QED) is 0.321. The van der Waals surface area contributed by atoms with Crippen LogP contribution in [0.15, 0.2) is 58.2 Å². The fourth-order valence-electron chi connectivity index (χ4n) is 8.24. The lowest BCUT2D eigenvalue weighted by molar-refractivity contribution is 0.0705. The van der Waals surface area contributed by atoms with Crippen molar-refractivity contribution in [3.8, 4) is 0 Å². The van der Waals surface area contributed by atoms with Gasteiger partial charge in [-0.1, -0.05) is 64.2 Å². The van der Waals surface area contributed by atoms with E-state index in [1.165, 1.54) is 31.3 Å². The second kappa shape index (κ2) is 10.8. The first-order chi connectivity index (χ1) is 18.5. The molecule has 0 amide bonds. The molecule has 39 heavy (non-hydrogen) atoms. The Hall–Kier alpha value is -1.95. The summed E-state index contributed by atoms with van der Waals surface area (Å²) < 4.78 is 6.04. The minimum Gasteiger partial charge on any atom is -0.445 e. The van der Waals surface area contributed by atoms with Crippen molar-refractivity contribution in [1.82, 2.24) is 4.98 Å². The summed E-state index contributed by atoms with van der Waals surface area (Å²) in [4.78, 5) is 4.54. The zero-order valence-electron chi connectivity index (χ0n) is 24.5. The molecule has 0 bridgehead atoms. The Balaban J connectivity index is 1.31. The first-order valence-corrected chi connectivity index (χ1v) is 15.3. The minimum absolute atomic E-state index is 0.0443. The Morgan fingerprint density at radius 2 is 1.97 bits per heavy atom. The van der Waals surface area contributed by atoms with Crippen molar-refractivity contribution in [1.29, 1.82) is 0 Å². The highest BCUT2D eigenvalue weighted by molar-refractivity contribution is 5.39. The second-order valence-corrected chi connectivity index (χ2v) is 13.8. The van der Waals surface area contributed by atoms with E-state index < -0.39 is 18.3 Å². The van der Waals surface area contributed by atoms with Gasteiger partial charge in [0.25, 0.3) is 0 Å².